The molecule has 0 aromatic carbocycles. The van der Waals surface area contributed by atoms with Crippen molar-refractivity contribution in [2.75, 3.05) is 0 Å². The van der Waals surface area contributed by atoms with Crippen molar-refractivity contribution >= 4 is 11.6 Å². The predicted octanol–water partition coefficient (Wildman–Crippen LogP) is 1.02. The number of aromatic nitrogens is 3. The minimum absolute atomic E-state index is 0.214. The highest BCUT2D eigenvalue weighted by atomic mass is 35.5. The summed E-state index contributed by atoms with van der Waals surface area (Å²) < 4.78 is 1.69. The van der Waals surface area contributed by atoms with Gasteiger partial charge in [0.15, 0.2) is 0 Å². The van der Waals surface area contributed by atoms with E-state index >= 15 is 0 Å². The first-order valence-electron chi connectivity index (χ1n) is 4.77. The van der Waals surface area contributed by atoms with Crippen molar-refractivity contribution in [3.05, 3.63) is 47.0 Å². The molecule has 84 valence electrons. The van der Waals surface area contributed by atoms with E-state index in [0.29, 0.717) is 5.02 Å². The minimum atomic E-state index is -0.214. The molecule has 0 spiro atoms. The third kappa shape index (κ3) is 1.92. The van der Waals surface area contributed by atoms with Gasteiger partial charge in [0.25, 0.3) is 0 Å². The SMILES string of the molecule is Cn1ncc(Cl)c1C(NN)c1cccnc1. The topological polar surface area (TPSA) is 68.8 Å². The van der Waals surface area contributed by atoms with Crippen molar-refractivity contribution in [2.45, 2.75) is 6.04 Å². The Balaban J connectivity index is 2.45. The number of nitrogens with two attached hydrogens (primary N) is 1. The molecule has 2 heterocycles. The number of hydrogen-bond donors (Lipinski definition) is 2. The second kappa shape index (κ2) is 4.61. The predicted molar refractivity (Wildman–Crippen MR) is 61.6 cm³/mol. The molecule has 16 heavy (non-hydrogen) atoms. The number of hydrogen-bond acceptors (Lipinski definition) is 4. The molecule has 5 nitrogen and oxygen atoms in total. The van der Waals surface area contributed by atoms with Crippen LogP contribution in [-0.4, -0.2) is 14.8 Å². The molecule has 1 unspecified atom stereocenters. The van der Waals surface area contributed by atoms with E-state index in [0.717, 1.165) is 11.3 Å². The largest absolute Gasteiger partial charge is 0.271 e. The lowest BCUT2D eigenvalue weighted by atomic mass is 10.1. The Morgan fingerprint density at radius 3 is 2.81 bits per heavy atom. The van der Waals surface area contributed by atoms with Crippen molar-refractivity contribution in [1.82, 2.24) is 20.2 Å². The van der Waals surface area contributed by atoms with E-state index in [2.05, 4.69) is 15.5 Å². The zero-order chi connectivity index (χ0) is 11.5. The molecule has 0 saturated heterocycles. The monoisotopic (exact) mass is 237 g/mol. The van der Waals surface area contributed by atoms with Gasteiger partial charge in [-0.05, 0) is 11.6 Å². The molecule has 3 N–H and O–H groups in total. The van der Waals surface area contributed by atoms with E-state index in [9.17, 15) is 0 Å². The summed E-state index contributed by atoms with van der Waals surface area (Å²) in [7, 11) is 1.82. The number of halogens is 1. The van der Waals surface area contributed by atoms with Crippen LogP contribution in [0.15, 0.2) is 30.7 Å². The lowest BCUT2D eigenvalue weighted by Crippen LogP contribution is -2.30. The van der Waals surface area contributed by atoms with Crippen molar-refractivity contribution in [2.24, 2.45) is 12.9 Å². The summed E-state index contributed by atoms with van der Waals surface area (Å²) >= 11 is 6.07. The summed E-state index contributed by atoms with van der Waals surface area (Å²) in [5, 5.41) is 4.66. The highest BCUT2D eigenvalue weighted by molar-refractivity contribution is 6.31. The van der Waals surface area contributed by atoms with Gasteiger partial charge in [-0.1, -0.05) is 17.7 Å². The number of hydrazine groups is 1. The van der Waals surface area contributed by atoms with Crippen LogP contribution in [0.1, 0.15) is 17.3 Å². The molecule has 0 aliphatic rings. The lowest BCUT2D eigenvalue weighted by molar-refractivity contribution is 0.574. The van der Waals surface area contributed by atoms with Crippen LogP contribution in [0.5, 0.6) is 0 Å². The van der Waals surface area contributed by atoms with E-state index in [1.165, 1.54) is 0 Å². The number of aryl methyl sites for hydroxylation is 1. The number of nitrogens with zero attached hydrogens (tertiary/aromatic N) is 3. The summed E-state index contributed by atoms with van der Waals surface area (Å²) in [5.41, 5.74) is 4.47. The van der Waals surface area contributed by atoms with Gasteiger partial charge in [0.1, 0.15) is 0 Å². The van der Waals surface area contributed by atoms with Crippen LogP contribution in [0.25, 0.3) is 0 Å². The molecular formula is C10H12ClN5. The molecular weight excluding hydrogens is 226 g/mol. The summed E-state index contributed by atoms with van der Waals surface area (Å²) in [5.74, 6) is 5.56. The standard InChI is InChI=1S/C10H12ClN5/c1-16-10(8(11)6-14-16)9(15-12)7-3-2-4-13-5-7/h2-6,9,15H,12H2,1H3. The maximum atomic E-state index is 6.07. The van der Waals surface area contributed by atoms with Crippen molar-refractivity contribution in [1.29, 1.82) is 0 Å². The van der Waals surface area contributed by atoms with Crippen molar-refractivity contribution in [3.63, 3.8) is 0 Å². The molecule has 0 aliphatic carbocycles. The Morgan fingerprint density at radius 1 is 1.50 bits per heavy atom. The Hall–Kier alpha value is -1.43. The van der Waals surface area contributed by atoms with Gasteiger partial charge in [-0.25, -0.2) is 5.43 Å². The molecule has 6 heteroatoms. The van der Waals surface area contributed by atoms with E-state index in [1.807, 2.05) is 19.2 Å². The molecule has 0 amide bonds. The van der Waals surface area contributed by atoms with Crippen LogP contribution in [0.3, 0.4) is 0 Å². The summed E-state index contributed by atoms with van der Waals surface area (Å²) in [6, 6.07) is 3.57. The van der Waals surface area contributed by atoms with Crippen LogP contribution in [0, 0.1) is 0 Å². The molecule has 2 rings (SSSR count). The van der Waals surface area contributed by atoms with E-state index in [4.69, 9.17) is 17.4 Å². The fraction of sp³-hybridized carbons (Fsp3) is 0.200. The molecule has 0 radical (unpaired) electrons. The van der Waals surface area contributed by atoms with Crippen LogP contribution < -0.4 is 11.3 Å². The zero-order valence-electron chi connectivity index (χ0n) is 8.76. The molecule has 0 fully saturated rings. The molecule has 0 bridgehead atoms. The molecule has 0 aliphatic heterocycles. The fourth-order valence-electron chi connectivity index (χ4n) is 1.62. The molecule has 1 atom stereocenters. The maximum Gasteiger partial charge on any atom is 0.0908 e. The average molecular weight is 238 g/mol. The van der Waals surface area contributed by atoms with Gasteiger partial charge in [-0.2, -0.15) is 5.10 Å². The smallest absolute Gasteiger partial charge is 0.0908 e. The second-order valence-corrected chi connectivity index (χ2v) is 3.79. The Kier molecular flexibility index (Phi) is 3.19. The van der Waals surface area contributed by atoms with Crippen molar-refractivity contribution in [3.8, 4) is 0 Å². The normalized spacial score (nSPS) is 12.7. The quantitative estimate of drug-likeness (QED) is 0.618. The first-order chi connectivity index (χ1) is 7.74. The Morgan fingerprint density at radius 2 is 2.31 bits per heavy atom. The summed E-state index contributed by atoms with van der Waals surface area (Å²) in [6.45, 7) is 0. The van der Waals surface area contributed by atoms with Gasteiger partial charge >= 0.3 is 0 Å². The third-order valence-electron chi connectivity index (χ3n) is 2.40. The van der Waals surface area contributed by atoms with Gasteiger partial charge in [0, 0.05) is 19.4 Å². The van der Waals surface area contributed by atoms with Gasteiger partial charge in [0.05, 0.1) is 23.0 Å². The molecule has 0 saturated carbocycles. The molecule has 2 aromatic heterocycles. The zero-order valence-corrected chi connectivity index (χ0v) is 9.52. The highest BCUT2D eigenvalue weighted by Crippen LogP contribution is 2.26. The summed E-state index contributed by atoms with van der Waals surface area (Å²) in [4.78, 5) is 4.05. The first kappa shape index (κ1) is 11.1. The van der Waals surface area contributed by atoms with E-state index < -0.39 is 0 Å². The Bertz CT molecular complexity index is 448. The first-order valence-corrected chi connectivity index (χ1v) is 5.15. The highest BCUT2D eigenvalue weighted by Gasteiger charge is 2.19. The van der Waals surface area contributed by atoms with E-state index in [-0.39, 0.29) is 6.04 Å². The number of nitrogens with one attached hydrogen (secondary N) is 1. The minimum Gasteiger partial charge on any atom is -0.271 e. The maximum absolute atomic E-state index is 6.07. The van der Waals surface area contributed by atoms with Gasteiger partial charge in [-0.15, -0.1) is 0 Å². The Labute approximate surface area is 98.2 Å². The van der Waals surface area contributed by atoms with Crippen LogP contribution in [0.2, 0.25) is 5.02 Å². The van der Waals surface area contributed by atoms with Crippen molar-refractivity contribution < 1.29 is 0 Å². The van der Waals surface area contributed by atoms with Gasteiger partial charge in [0.2, 0.25) is 0 Å². The average Bonchev–Trinajstić information content (AvgIpc) is 2.63. The number of rotatable bonds is 3. The van der Waals surface area contributed by atoms with Gasteiger partial charge in [-0.3, -0.25) is 15.5 Å². The van der Waals surface area contributed by atoms with Crippen LogP contribution in [0.4, 0.5) is 0 Å². The van der Waals surface area contributed by atoms with Crippen LogP contribution >= 0.6 is 11.6 Å². The second-order valence-electron chi connectivity index (χ2n) is 3.39. The van der Waals surface area contributed by atoms with Crippen LogP contribution in [-0.2, 0) is 7.05 Å². The number of pyridine rings is 1. The third-order valence-corrected chi connectivity index (χ3v) is 2.69. The van der Waals surface area contributed by atoms with E-state index in [1.54, 1.807) is 23.3 Å². The fourth-order valence-corrected chi connectivity index (χ4v) is 1.90. The van der Waals surface area contributed by atoms with Gasteiger partial charge < -0.3 is 0 Å². The molecule has 2 aromatic rings. The lowest BCUT2D eigenvalue weighted by Gasteiger charge is -2.16. The summed E-state index contributed by atoms with van der Waals surface area (Å²) in [6.07, 6.45) is 5.05.